The van der Waals surface area contributed by atoms with Gasteiger partial charge in [0.05, 0.1) is 0 Å². The number of nitrogen functional groups attached to an aromatic ring is 1. The first-order valence-corrected chi connectivity index (χ1v) is 6.53. The molecule has 4 N–H and O–H groups in total. The standard InChI is InChI=1S/C15H20N4O/c1-11(2)7-8-18-10-12(9-16)15(20)19-14-5-3-13(17)4-6-14/h3-6,10-11,18H,7-8,17H2,1-2H3,(H,19,20)/b12-10-. The van der Waals surface area contributed by atoms with E-state index in [1.54, 1.807) is 24.3 Å². The number of rotatable bonds is 6. The maximum absolute atomic E-state index is 11.9. The lowest BCUT2D eigenvalue weighted by molar-refractivity contribution is -0.112. The van der Waals surface area contributed by atoms with E-state index in [-0.39, 0.29) is 5.57 Å². The van der Waals surface area contributed by atoms with Crippen molar-refractivity contribution in [3.8, 4) is 6.07 Å². The zero-order valence-corrected chi connectivity index (χ0v) is 11.8. The summed E-state index contributed by atoms with van der Waals surface area (Å²) in [6.07, 6.45) is 2.43. The summed E-state index contributed by atoms with van der Waals surface area (Å²) in [6.45, 7) is 4.97. The van der Waals surface area contributed by atoms with E-state index in [9.17, 15) is 4.79 Å². The zero-order chi connectivity index (χ0) is 15.0. The summed E-state index contributed by atoms with van der Waals surface area (Å²) < 4.78 is 0. The van der Waals surface area contributed by atoms with E-state index in [4.69, 9.17) is 11.0 Å². The van der Waals surface area contributed by atoms with Crippen molar-refractivity contribution in [3.63, 3.8) is 0 Å². The van der Waals surface area contributed by atoms with Gasteiger partial charge in [-0.2, -0.15) is 5.26 Å². The summed E-state index contributed by atoms with van der Waals surface area (Å²) in [5.41, 5.74) is 6.83. The summed E-state index contributed by atoms with van der Waals surface area (Å²) in [5, 5.41) is 14.6. The average molecular weight is 272 g/mol. The number of carbonyl (C=O) groups excluding carboxylic acids is 1. The number of hydrogen-bond acceptors (Lipinski definition) is 4. The molecule has 0 heterocycles. The van der Waals surface area contributed by atoms with Gasteiger partial charge in [-0.1, -0.05) is 13.8 Å². The molecule has 0 bridgehead atoms. The molecule has 0 spiro atoms. The van der Waals surface area contributed by atoms with E-state index in [0.717, 1.165) is 13.0 Å². The monoisotopic (exact) mass is 272 g/mol. The van der Waals surface area contributed by atoms with Crippen LogP contribution in [0.15, 0.2) is 36.0 Å². The van der Waals surface area contributed by atoms with Gasteiger partial charge in [-0.3, -0.25) is 4.79 Å². The number of nitriles is 1. The van der Waals surface area contributed by atoms with Gasteiger partial charge in [0.25, 0.3) is 5.91 Å². The molecule has 0 radical (unpaired) electrons. The van der Waals surface area contributed by atoms with Crippen molar-refractivity contribution < 1.29 is 4.79 Å². The molecular weight excluding hydrogens is 252 g/mol. The van der Waals surface area contributed by atoms with Crippen LogP contribution in [0.25, 0.3) is 0 Å². The fourth-order valence-electron chi connectivity index (χ4n) is 1.46. The molecule has 1 aromatic rings. The Labute approximate surface area is 119 Å². The quantitative estimate of drug-likeness (QED) is 0.320. The third-order valence-electron chi connectivity index (χ3n) is 2.65. The predicted molar refractivity (Wildman–Crippen MR) is 80.6 cm³/mol. The van der Waals surface area contributed by atoms with Crippen molar-refractivity contribution in [3.05, 3.63) is 36.0 Å². The molecule has 20 heavy (non-hydrogen) atoms. The summed E-state index contributed by atoms with van der Waals surface area (Å²) in [6, 6.07) is 8.63. The molecule has 0 atom stereocenters. The molecule has 0 aliphatic rings. The number of amides is 1. The van der Waals surface area contributed by atoms with Gasteiger partial charge in [0.1, 0.15) is 11.6 Å². The maximum atomic E-state index is 11.9. The fraction of sp³-hybridized carbons (Fsp3) is 0.333. The topological polar surface area (TPSA) is 90.9 Å². The van der Waals surface area contributed by atoms with E-state index in [0.29, 0.717) is 17.3 Å². The molecule has 0 fully saturated rings. The molecular formula is C15H20N4O. The molecule has 0 aliphatic carbocycles. The minimum Gasteiger partial charge on any atom is -0.399 e. The van der Waals surface area contributed by atoms with Crippen LogP contribution in [0.1, 0.15) is 20.3 Å². The largest absolute Gasteiger partial charge is 0.399 e. The van der Waals surface area contributed by atoms with E-state index >= 15 is 0 Å². The van der Waals surface area contributed by atoms with Crippen LogP contribution in [0.4, 0.5) is 11.4 Å². The lowest BCUT2D eigenvalue weighted by Crippen LogP contribution is -2.17. The number of nitrogens with one attached hydrogen (secondary N) is 2. The van der Waals surface area contributed by atoms with Crippen LogP contribution in [0.2, 0.25) is 0 Å². The Hall–Kier alpha value is -2.48. The molecule has 106 valence electrons. The molecule has 0 saturated carbocycles. The number of carbonyl (C=O) groups is 1. The van der Waals surface area contributed by atoms with Crippen LogP contribution < -0.4 is 16.4 Å². The van der Waals surface area contributed by atoms with Crippen LogP contribution >= 0.6 is 0 Å². The summed E-state index contributed by atoms with van der Waals surface area (Å²) in [4.78, 5) is 11.9. The number of benzene rings is 1. The van der Waals surface area contributed by atoms with Crippen molar-refractivity contribution in [2.45, 2.75) is 20.3 Å². The van der Waals surface area contributed by atoms with Crippen molar-refractivity contribution in [2.75, 3.05) is 17.6 Å². The van der Waals surface area contributed by atoms with Crippen LogP contribution in [0, 0.1) is 17.2 Å². The molecule has 5 nitrogen and oxygen atoms in total. The minimum atomic E-state index is -0.436. The normalized spacial score (nSPS) is 11.0. The highest BCUT2D eigenvalue weighted by molar-refractivity contribution is 6.06. The van der Waals surface area contributed by atoms with Gasteiger partial charge in [-0.25, -0.2) is 0 Å². The number of nitrogens with two attached hydrogens (primary N) is 1. The van der Waals surface area contributed by atoms with Gasteiger partial charge in [-0.05, 0) is 36.6 Å². The molecule has 1 rings (SSSR count). The first kappa shape index (κ1) is 15.6. The second-order valence-corrected chi connectivity index (χ2v) is 4.88. The van der Waals surface area contributed by atoms with Crippen LogP contribution in [0.5, 0.6) is 0 Å². The Kier molecular flexibility index (Phi) is 6.11. The smallest absolute Gasteiger partial charge is 0.267 e. The average Bonchev–Trinajstić information content (AvgIpc) is 2.41. The third-order valence-corrected chi connectivity index (χ3v) is 2.65. The summed E-state index contributed by atoms with van der Waals surface area (Å²) in [5.74, 6) is 0.138. The van der Waals surface area contributed by atoms with Crippen LogP contribution in [-0.2, 0) is 4.79 Å². The van der Waals surface area contributed by atoms with E-state index in [1.165, 1.54) is 6.20 Å². The first-order chi connectivity index (χ1) is 9.52. The van der Waals surface area contributed by atoms with Gasteiger partial charge >= 0.3 is 0 Å². The highest BCUT2D eigenvalue weighted by Gasteiger charge is 2.08. The molecule has 5 heteroatoms. The second kappa shape index (κ2) is 7.85. The van der Waals surface area contributed by atoms with E-state index < -0.39 is 5.91 Å². The molecule has 0 aliphatic heterocycles. The van der Waals surface area contributed by atoms with Crippen molar-refractivity contribution in [1.29, 1.82) is 5.26 Å². The summed E-state index contributed by atoms with van der Waals surface area (Å²) >= 11 is 0. The van der Waals surface area contributed by atoms with Gasteiger partial charge in [0.2, 0.25) is 0 Å². The fourth-order valence-corrected chi connectivity index (χ4v) is 1.46. The predicted octanol–water partition coefficient (Wildman–Crippen LogP) is 2.25. The second-order valence-electron chi connectivity index (χ2n) is 4.88. The highest BCUT2D eigenvalue weighted by Crippen LogP contribution is 2.11. The molecule has 0 unspecified atom stereocenters. The van der Waals surface area contributed by atoms with Crippen molar-refractivity contribution in [2.24, 2.45) is 5.92 Å². The maximum Gasteiger partial charge on any atom is 0.267 e. The Balaban J connectivity index is 2.56. The lowest BCUT2D eigenvalue weighted by atomic mass is 10.1. The Morgan fingerprint density at radius 1 is 1.40 bits per heavy atom. The minimum absolute atomic E-state index is 0.0468. The highest BCUT2D eigenvalue weighted by atomic mass is 16.1. The van der Waals surface area contributed by atoms with Crippen molar-refractivity contribution >= 4 is 17.3 Å². The van der Waals surface area contributed by atoms with E-state index in [1.807, 2.05) is 6.07 Å². The van der Waals surface area contributed by atoms with Gasteiger partial charge in [0, 0.05) is 24.1 Å². The lowest BCUT2D eigenvalue weighted by Gasteiger charge is -2.06. The van der Waals surface area contributed by atoms with Gasteiger partial charge < -0.3 is 16.4 Å². The molecule has 0 aromatic heterocycles. The Morgan fingerprint density at radius 2 is 2.05 bits per heavy atom. The number of hydrogen-bond donors (Lipinski definition) is 3. The zero-order valence-electron chi connectivity index (χ0n) is 11.8. The molecule has 0 saturated heterocycles. The van der Waals surface area contributed by atoms with Gasteiger partial charge in [-0.15, -0.1) is 0 Å². The Morgan fingerprint density at radius 3 is 2.60 bits per heavy atom. The first-order valence-electron chi connectivity index (χ1n) is 6.53. The molecule has 1 amide bonds. The van der Waals surface area contributed by atoms with Crippen LogP contribution in [-0.4, -0.2) is 12.5 Å². The summed E-state index contributed by atoms with van der Waals surface area (Å²) in [7, 11) is 0. The van der Waals surface area contributed by atoms with Crippen molar-refractivity contribution in [1.82, 2.24) is 5.32 Å². The van der Waals surface area contributed by atoms with Crippen LogP contribution in [0.3, 0.4) is 0 Å². The van der Waals surface area contributed by atoms with Gasteiger partial charge in [0.15, 0.2) is 0 Å². The third kappa shape index (κ3) is 5.44. The Bertz CT molecular complexity index is 512. The van der Waals surface area contributed by atoms with E-state index in [2.05, 4.69) is 24.5 Å². The number of anilines is 2. The number of nitrogens with zero attached hydrogens (tertiary/aromatic N) is 1. The molecule has 1 aromatic carbocycles. The SMILES string of the molecule is CC(C)CCN/C=C(/C#N)C(=O)Nc1ccc(N)cc1.